The predicted octanol–water partition coefficient (Wildman–Crippen LogP) is 11.9. The number of benzene rings is 7. The first-order valence-corrected chi connectivity index (χ1v) is 16.1. The van der Waals surface area contributed by atoms with Crippen LogP contribution in [0.2, 0.25) is 0 Å². The van der Waals surface area contributed by atoms with E-state index in [4.69, 9.17) is 11.0 Å². The highest BCUT2D eigenvalue weighted by atomic mass is 16.3. The second-order valence-electron chi connectivity index (χ2n) is 12.3. The predicted molar refractivity (Wildman–Crippen MR) is 199 cm³/mol. The van der Waals surface area contributed by atoms with Gasteiger partial charge < -0.3 is 13.6 Å². The highest BCUT2D eigenvalue weighted by molar-refractivity contribution is 6.24. The van der Waals surface area contributed by atoms with Gasteiger partial charge in [-0.3, -0.25) is 0 Å². The lowest BCUT2D eigenvalue weighted by molar-refractivity contribution is 0.673. The fourth-order valence-corrected chi connectivity index (χ4v) is 7.66. The first-order valence-electron chi connectivity index (χ1n) is 16.1. The average Bonchev–Trinajstić information content (AvgIpc) is 3.82. The van der Waals surface area contributed by atoms with E-state index in [1.165, 1.54) is 0 Å². The summed E-state index contributed by atoms with van der Waals surface area (Å²) in [6, 6.07) is 51.7. The smallest absolute Gasteiger partial charge is 0.211 e. The summed E-state index contributed by atoms with van der Waals surface area (Å²) >= 11 is 0. The molecule has 0 atom stereocenters. The molecule has 0 saturated heterocycles. The molecule has 0 saturated carbocycles. The van der Waals surface area contributed by atoms with E-state index in [0.717, 1.165) is 88.1 Å². The summed E-state index contributed by atoms with van der Waals surface area (Å²) in [4.78, 5) is 4.03. The molecule has 7 aromatic carbocycles. The Bertz CT molecular complexity index is 3030. The molecule has 3 heterocycles. The molecule has 10 rings (SSSR count). The van der Waals surface area contributed by atoms with Gasteiger partial charge in [0.25, 0.3) is 0 Å². The number of fused-ring (bicyclic) bond motifs is 10. The van der Waals surface area contributed by atoms with Crippen molar-refractivity contribution in [2.45, 2.75) is 0 Å². The molecular formula is C44H24N4O. The summed E-state index contributed by atoms with van der Waals surface area (Å²) < 4.78 is 10.8. The molecule has 0 aliphatic heterocycles. The van der Waals surface area contributed by atoms with Crippen molar-refractivity contribution in [1.29, 1.82) is 5.26 Å². The van der Waals surface area contributed by atoms with Crippen LogP contribution in [0.25, 0.3) is 92.9 Å². The van der Waals surface area contributed by atoms with Crippen molar-refractivity contribution in [2.24, 2.45) is 0 Å². The Hall–Kier alpha value is -7.08. The van der Waals surface area contributed by atoms with Gasteiger partial charge in [-0.25, -0.2) is 4.85 Å². The average molecular weight is 625 g/mol. The van der Waals surface area contributed by atoms with Gasteiger partial charge in [0.15, 0.2) is 0 Å². The third-order valence-electron chi connectivity index (χ3n) is 9.79. The zero-order chi connectivity index (χ0) is 32.6. The van der Waals surface area contributed by atoms with Crippen LogP contribution in [0.1, 0.15) is 5.56 Å². The van der Waals surface area contributed by atoms with Gasteiger partial charge in [0.2, 0.25) is 5.69 Å². The highest BCUT2D eigenvalue weighted by Crippen LogP contribution is 2.43. The molecule has 0 N–H and O–H groups in total. The number of nitriles is 1. The second kappa shape index (κ2) is 10.2. The standard InChI is InChI=1S/C44H24N4O/c1-46-35-25-28(27-18-21-36(29(24-27)26-45)47-37-14-6-2-10-30(37)31-11-3-7-15-38(31)47)19-22-40(35)48-39-16-8-4-13-34(39)43-41(48)23-20-33-32-12-5-9-17-42(32)49-44(33)43/h2-25H. The fourth-order valence-electron chi connectivity index (χ4n) is 7.66. The Kier molecular flexibility index (Phi) is 5.64. The van der Waals surface area contributed by atoms with Crippen LogP contribution in [0.3, 0.4) is 0 Å². The number of para-hydroxylation sites is 4. The summed E-state index contributed by atoms with van der Waals surface area (Å²) in [5, 5.41) is 17.0. The molecule has 0 aliphatic rings. The van der Waals surface area contributed by atoms with Gasteiger partial charge in [0.05, 0.1) is 51.0 Å². The van der Waals surface area contributed by atoms with E-state index in [-0.39, 0.29) is 0 Å². The maximum absolute atomic E-state index is 10.4. The third kappa shape index (κ3) is 3.79. The summed E-state index contributed by atoms with van der Waals surface area (Å²) in [7, 11) is 0. The van der Waals surface area contributed by atoms with Crippen LogP contribution in [-0.2, 0) is 0 Å². The van der Waals surface area contributed by atoms with E-state index >= 15 is 0 Å². The van der Waals surface area contributed by atoms with Gasteiger partial charge in [-0.1, -0.05) is 84.9 Å². The Morgan fingerprint density at radius 2 is 1.10 bits per heavy atom. The van der Waals surface area contributed by atoms with Crippen molar-refractivity contribution in [3.8, 4) is 28.6 Å². The van der Waals surface area contributed by atoms with Gasteiger partial charge in [0.1, 0.15) is 17.2 Å². The number of rotatable bonds is 3. The Balaban J connectivity index is 1.14. The molecular weight excluding hydrogens is 601 g/mol. The molecule has 0 radical (unpaired) electrons. The number of hydrogen-bond donors (Lipinski definition) is 0. The number of furan rings is 1. The van der Waals surface area contributed by atoms with Crippen LogP contribution in [0, 0.1) is 17.9 Å². The van der Waals surface area contributed by atoms with Gasteiger partial charge in [-0.2, -0.15) is 5.26 Å². The van der Waals surface area contributed by atoms with Gasteiger partial charge >= 0.3 is 0 Å². The van der Waals surface area contributed by atoms with Crippen LogP contribution in [-0.4, -0.2) is 9.13 Å². The topological polar surface area (TPSA) is 51.1 Å². The van der Waals surface area contributed by atoms with Crippen LogP contribution in [0.5, 0.6) is 0 Å². The number of aromatic nitrogens is 2. The molecule has 0 fully saturated rings. The Morgan fingerprint density at radius 3 is 1.80 bits per heavy atom. The summed E-state index contributed by atoms with van der Waals surface area (Å²) in [6.07, 6.45) is 0. The second-order valence-corrected chi connectivity index (χ2v) is 12.3. The molecule has 0 spiro atoms. The molecule has 3 aromatic heterocycles. The van der Waals surface area contributed by atoms with Crippen molar-refractivity contribution in [2.75, 3.05) is 0 Å². The zero-order valence-corrected chi connectivity index (χ0v) is 26.1. The van der Waals surface area contributed by atoms with Crippen molar-refractivity contribution in [1.82, 2.24) is 9.13 Å². The van der Waals surface area contributed by atoms with Gasteiger partial charge in [0, 0.05) is 26.9 Å². The lowest BCUT2D eigenvalue weighted by atomic mass is 10.0. The summed E-state index contributed by atoms with van der Waals surface area (Å²) in [6.45, 7) is 8.26. The van der Waals surface area contributed by atoms with E-state index in [2.05, 4.69) is 74.6 Å². The molecule has 0 bridgehead atoms. The quantitative estimate of drug-likeness (QED) is 0.184. The first-order chi connectivity index (χ1) is 24.2. The molecule has 10 aromatic rings. The van der Waals surface area contributed by atoms with E-state index in [1.54, 1.807) is 0 Å². The summed E-state index contributed by atoms with van der Waals surface area (Å²) in [5.41, 5.74) is 10.3. The monoisotopic (exact) mass is 624 g/mol. The minimum atomic E-state index is 0.523. The maximum atomic E-state index is 10.4. The molecule has 0 amide bonds. The maximum Gasteiger partial charge on any atom is 0.211 e. The molecule has 5 heteroatoms. The van der Waals surface area contributed by atoms with Crippen molar-refractivity contribution in [3.05, 3.63) is 163 Å². The van der Waals surface area contributed by atoms with Gasteiger partial charge in [-0.15, -0.1) is 0 Å². The minimum Gasteiger partial charge on any atom is -0.455 e. The third-order valence-corrected chi connectivity index (χ3v) is 9.79. The number of hydrogen-bond acceptors (Lipinski definition) is 2. The molecule has 5 nitrogen and oxygen atoms in total. The van der Waals surface area contributed by atoms with E-state index in [0.29, 0.717) is 11.3 Å². The Morgan fingerprint density at radius 1 is 0.531 bits per heavy atom. The van der Waals surface area contributed by atoms with Crippen LogP contribution in [0.15, 0.2) is 150 Å². The van der Waals surface area contributed by atoms with Crippen molar-refractivity contribution in [3.63, 3.8) is 0 Å². The molecule has 49 heavy (non-hydrogen) atoms. The van der Waals surface area contributed by atoms with Crippen LogP contribution >= 0.6 is 0 Å². The Labute approximate surface area is 280 Å². The van der Waals surface area contributed by atoms with Crippen molar-refractivity contribution >= 4 is 71.2 Å². The first kappa shape index (κ1) is 27.1. The zero-order valence-electron chi connectivity index (χ0n) is 26.1. The minimum absolute atomic E-state index is 0.523. The molecule has 0 unspecified atom stereocenters. The lowest BCUT2D eigenvalue weighted by Crippen LogP contribution is -1.98. The van der Waals surface area contributed by atoms with E-state index < -0.39 is 0 Å². The molecule has 226 valence electrons. The van der Waals surface area contributed by atoms with Crippen LogP contribution in [0.4, 0.5) is 5.69 Å². The van der Waals surface area contributed by atoms with Crippen molar-refractivity contribution < 1.29 is 4.42 Å². The van der Waals surface area contributed by atoms with E-state index in [9.17, 15) is 5.26 Å². The molecule has 0 aliphatic carbocycles. The summed E-state index contributed by atoms with van der Waals surface area (Å²) in [5.74, 6) is 0. The normalized spacial score (nSPS) is 11.6. The SMILES string of the molecule is [C-]#[N+]c1cc(-c2ccc(-n3c4ccccc4c4ccccc43)c(C#N)c2)ccc1-n1c2ccccc2c2c3oc4ccccc4c3ccc21. The highest BCUT2D eigenvalue weighted by Gasteiger charge is 2.21. The largest absolute Gasteiger partial charge is 0.455 e. The van der Waals surface area contributed by atoms with E-state index in [1.807, 2.05) is 91.0 Å². The van der Waals surface area contributed by atoms with Crippen LogP contribution < -0.4 is 0 Å². The lowest BCUT2D eigenvalue weighted by Gasteiger charge is -2.14. The number of nitrogens with zero attached hydrogens (tertiary/aromatic N) is 4. The fraction of sp³-hybridized carbons (Fsp3) is 0. The van der Waals surface area contributed by atoms with Gasteiger partial charge in [-0.05, 0) is 71.8 Å².